The maximum atomic E-state index is 10.1. The summed E-state index contributed by atoms with van der Waals surface area (Å²) in [5, 5.41) is 8.33. The Morgan fingerprint density at radius 2 is 2.00 bits per heavy atom. The topological polar surface area (TPSA) is 89.3 Å². The van der Waals surface area contributed by atoms with Gasteiger partial charge in [-0.1, -0.05) is 6.42 Å². The molecule has 0 rings (SSSR count). The molecular weight excluding hydrogens is 196 g/mol. The maximum Gasteiger partial charge on any atom is 0.320 e. The van der Waals surface area contributed by atoms with Crippen LogP contribution in [0.2, 0.25) is 0 Å². The van der Waals surface area contributed by atoms with Gasteiger partial charge in [-0.05, 0) is 19.4 Å². The summed E-state index contributed by atoms with van der Waals surface area (Å²) in [4.78, 5) is 10.1. The number of nitrogens with two attached hydrogens (primary N) is 2. The largest absolute Gasteiger partial charge is 0.480 e. The number of hydrogen-bond acceptors (Lipinski definition) is 3. The summed E-state index contributed by atoms with van der Waals surface area (Å²) in [5.41, 5.74) is 10.4. The van der Waals surface area contributed by atoms with Crippen LogP contribution in [0.4, 0.5) is 0 Å². The van der Waals surface area contributed by atoms with Crippen LogP contribution in [0.15, 0.2) is 0 Å². The summed E-state index contributed by atoms with van der Waals surface area (Å²) in [6.45, 7) is 0.604. The summed E-state index contributed by atoms with van der Waals surface area (Å²) >= 11 is 0. The predicted molar refractivity (Wildman–Crippen MR) is 38.5 cm³/mol. The molecule has 0 saturated heterocycles. The van der Waals surface area contributed by atoms with E-state index in [1.54, 1.807) is 0 Å². The molecule has 1 radical (unpaired) electrons. The molecular formula is C6H14CuN2O2. The summed E-state index contributed by atoms with van der Waals surface area (Å²) in [6.07, 6.45) is 2.16. The maximum absolute atomic E-state index is 10.1. The molecule has 0 bridgehead atoms. The third-order valence-corrected chi connectivity index (χ3v) is 1.29. The first-order chi connectivity index (χ1) is 4.68. The molecule has 11 heavy (non-hydrogen) atoms. The second kappa shape index (κ2) is 8.01. The molecule has 71 valence electrons. The van der Waals surface area contributed by atoms with Crippen LogP contribution in [0.1, 0.15) is 19.3 Å². The van der Waals surface area contributed by atoms with Crippen LogP contribution >= 0.6 is 0 Å². The quantitative estimate of drug-likeness (QED) is 0.422. The van der Waals surface area contributed by atoms with E-state index in [1.807, 2.05) is 0 Å². The van der Waals surface area contributed by atoms with E-state index in [0.29, 0.717) is 13.0 Å². The number of carbonyl (C=O) groups is 1. The summed E-state index contributed by atoms with van der Waals surface area (Å²) in [7, 11) is 0. The third kappa shape index (κ3) is 7.81. The molecule has 0 aromatic rings. The van der Waals surface area contributed by atoms with E-state index < -0.39 is 12.0 Å². The second-order valence-electron chi connectivity index (χ2n) is 2.23. The molecule has 5 heteroatoms. The van der Waals surface area contributed by atoms with E-state index in [1.165, 1.54) is 0 Å². The minimum absolute atomic E-state index is 0. The monoisotopic (exact) mass is 209 g/mol. The SMILES string of the molecule is NCCCC[C@H](N)C(=O)O.[Cu]. The molecule has 5 N–H and O–H groups in total. The van der Waals surface area contributed by atoms with Crippen molar-refractivity contribution in [3.05, 3.63) is 0 Å². The van der Waals surface area contributed by atoms with Crippen molar-refractivity contribution in [1.29, 1.82) is 0 Å². The van der Waals surface area contributed by atoms with E-state index >= 15 is 0 Å². The average Bonchev–Trinajstić information content (AvgIpc) is 1.88. The van der Waals surface area contributed by atoms with Crippen molar-refractivity contribution in [3.63, 3.8) is 0 Å². The molecule has 0 fully saturated rings. The molecule has 0 heterocycles. The van der Waals surface area contributed by atoms with Gasteiger partial charge in [-0.15, -0.1) is 0 Å². The first-order valence-electron chi connectivity index (χ1n) is 3.37. The number of carboxylic acids is 1. The minimum Gasteiger partial charge on any atom is -0.480 e. The van der Waals surface area contributed by atoms with Gasteiger partial charge in [0.1, 0.15) is 6.04 Å². The fourth-order valence-corrected chi connectivity index (χ4v) is 0.632. The molecule has 0 spiro atoms. The molecule has 0 saturated carbocycles. The van der Waals surface area contributed by atoms with Gasteiger partial charge in [-0.2, -0.15) is 0 Å². The number of carboxylic acid groups (broad SMARTS) is 1. The van der Waals surface area contributed by atoms with Gasteiger partial charge in [0.15, 0.2) is 0 Å². The predicted octanol–water partition coefficient (Wildman–Crippen LogP) is -0.475. The van der Waals surface area contributed by atoms with E-state index in [4.69, 9.17) is 16.6 Å². The van der Waals surface area contributed by atoms with E-state index in [-0.39, 0.29) is 17.1 Å². The van der Waals surface area contributed by atoms with Crippen molar-refractivity contribution in [2.24, 2.45) is 11.5 Å². The Labute approximate surface area is 76.8 Å². The van der Waals surface area contributed by atoms with Gasteiger partial charge in [-0.25, -0.2) is 0 Å². The smallest absolute Gasteiger partial charge is 0.320 e. The molecule has 0 unspecified atom stereocenters. The van der Waals surface area contributed by atoms with Crippen LogP contribution in [0.25, 0.3) is 0 Å². The van der Waals surface area contributed by atoms with Crippen molar-refractivity contribution in [1.82, 2.24) is 0 Å². The molecule has 0 aromatic heterocycles. The van der Waals surface area contributed by atoms with Crippen molar-refractivity contribution in [2.45, 2.75) is 25.3 Å². The molecule has 0 aromatic carbocycles. The Balaban J connectivity index is 0. The zero-order chi connectivity index (χ0) is 7.98. The molecule has 0 aliphatic carbocycles. The van der Waals surface area contributed by atoms with Crippen molar-refractivity contribution >= 4 is 5.97 Å². The third-order valence-electron chi connectivity index (χ3n) is 1.29. The first kappa shape index (κ1) is 13.5. The normalized spacial score (nSPS) is 11.8. The van der Waals surface area contributed by atoms with Gasteiger partial charge in [-0.3, -0.25) is 4.79 Å². The van der Waals surface area contributed by atoms with Gasteiger partial charge in [0.2, 0.25) is 0 Å². The number of aliphatic carboxylic acids is 1. The fraction of sp³-hybridized carbons (Fsp3) is 0.833. The Morgan fingerprint density at radius 1 is 1.45 bits per heavy atom. The van der Waals surface area contributed by atoms with E-state index in [2.05, 4.69) is 0 Å². The van der Waals surface area contributed by atoms with Gasteiger partial charge < -0.3 is 16.6 Å². The number of hydrogen-bond donors (Lipinski definition) is 3. The number of unbranched alkanes of at least 4 members (excludes halogenated alkanes) is 1. The molecule has 0 aliphatic heterocycles. The average molecular weight is 210 g/mol. The molecule has 0 aliphatic rings. The van der Waals surface area contributed by atoms with Gasteiger partial charge in [0, 0.05) is 17.1 Å². The zero-order valence-electron chi connectivity index (χ0n) is 6.22. The van der Waals surface area contributed by atoms with Crippen LogP contribution in [0.5, 0.6) is 0 Å². The van der Waals surface area contributed by atoms with Gasteiger partial charge >= 0.3 is 5.97 Å². The Hall–Kier alpha value is -0.0905. The van der Waals surface area contributed by atoms with Gasteiger partial charge in [0.25, 0.3) is 0 Å². The van der Waals surface area contributed by atoms with E-state index in [9.17, 15) is 4.79 Å². The number of rotatable bonds is 5. The summed E-state index contributed by atoms with van der Waals surface area (Å²) in [5.74, 6) is -0.933. The van der Waals surface area contributed by atoms with Crippen LogP contribution in [0, 0.1) is 0 Å². The van der Waals surface area contributed by atoms with Gasteiger partial charge in [0.05, 0.1) is 0 Å². The molecule has 0 amide bonds. The van der Waals surface area contributed by atoms with Crippen LogP contribution in [0.3, 0.4) is 0 Å². The van der Waals surface area contributed by atoms with E-state index in [0.717, 1.165) is 12.8 Å². The first-order valence-corrected chi connectivity index (χ1v) is 3.37. The Bertz CT molecular complexity index is 111. The van der Waals surface area contributed by atoms with Crippen LogP contribution in [-0.2, 0) is 21.9 Å². The molecule has 4 nitrogen and oxygen atoms in total. The van der Waals surface area contributed by atoms with Crippen molar-refractivity contribution in [3.8, 4) is 0 Å². The minimum atomic E-state index is -0.933. The van der Waals surface area contributed by atoms with Crippen molar-refractivity contribution < 1.29 is 27.0 Å². The Morgan fingerprint density at radius 3 is 2.36 bits per heavy atom. The van der Waals surface area contributed by atoms with Crippen LogP contribution < -0.4 is 11.5 Å². The fourth-order valence-electron chi connectivity index (χ4n) is 0.632. The standard InChI is InChI=1S/C6H14N2O2.Cu/c7-4-2-1-3-5(8)6(9)10;/h5H,1-4,7-8H2,(H,9,10);/t5-;/m0./s1. The molecule has 1 atom stereocenters. The van der Waals surface area contributed by atoms with Crippen LogP contribution in [-0.4, -0.2) is 23.7 Å². The zero-order valence-corrected chi connectivity index (χ0v) is 7.16. The second-order valence-corrected chi connectivity index (χ2v) is 2.23. The summed E-state index contributed by atoms with van der Waals surface area (Å²) < 4.78 is 0. The van der Waals surface area contributed by atoms with Crippen molar-refractivity contribution in [2.75, 3.05) is 6.54 Å². The Kier molecular flexibility index (Phi) is 9.83. The summed E-state index contributed by atoms with van der Waals surface area (Å²) in [6, 6.07) is -0.716.